The van der Waals surface area contributed by atoms with Gasteiger partial charge in [0.25, 0.3) is 11.6 Å². The molecule has 0 saturated carbocycles. The van der Waals surface area contributed by atoms with Crippen LogP contribution in [0.5, 0.6) is 11.5 Å². The molecule has 0 aliphatic carbocycles. The number of nitrogens with zero attached hydrogens (tertiary/aromatic N) is 2. The lowest BCUT2D eigenvalue weighted by atomic mass is 10.1. The summed E-state index contributed by atoms with van der Waals surface area (Å²) in [7, 11) is 1.45. The number of carbonyl (C=O) groups is 1. The molecule has 34 heavy (non-hydrogen) atoms. The van der Waals surface area contributed by atoms with Crippen molar-refractivity contribution in [2.24, 2.45) is 4.99 Å². The molecule has 0 atom stereocenters. The topological polar surface area (TPSA) is 103 Å². The normalized spacial score (nSPS) is 15.4. The van der Waals surface area contributed by atoms with Gasteiger partial charge in [0.05, 0.1) is 34.3 Å². The van der Waals surface area contributed by atoms with Gasteiger partial charge in [-0.2, -0.15) is 0 Å². The van der Waals surface area contributed by atoms with Gasteiger partial charge in [-0.3, -0.25) is 14.9 Å². The maximum atomic E-state index is 12.5. The average Bonchev–Trinajstić information content (AvgIpc) is 3.16. The van der Waals surface area contributed by atoms with Crippen LogP contribution in [0.1, 0.15) is 11.1 Å². The van der Waals surface area contributed by atoms with Gasteiger partial charge in [0.15, 0.2) is 16.7 Å². The van der Waals surface area contributed by atoms with Crippen LogP contribution < -0.4 is 14.8 Å². The third-order valence-corrected chi connectivity index (χ3v) is 6.13. The zero-order valence-corrected chi connectivity index (χ0v) is 20.3. The van der Waals surface area contributed by atoms with Crippen LogP contribution in [-0.4, -0.2) is 23.1 Å². The number of thioether (sulfide) groups is 1. The van der Waals surface area contributed by atoms with Gasteiger partial charge in [0.2, 0.25) is 0 Å². The number of amides is 1. The van der Waals surface area contributed by atoms with Crippen molar-refractivity contribution in [2.45, 2.75) is 6.61 Å². The molecule has 10 heteroatoms. The third kappa shape index (κ3) is 5.64. The Morgan fingerprint density at radius 2 is 1.91 bits per heavy atom. The van der Waals surface area contributed by atoms with Gasteiger partial charge in [-0.15, -0.1) is 0 Å². The van der Waals surface area contributed by atoms with Crippen molar-refractivity contribution >= 4 is 56.2 Å². The molecule has 1 aliphatic heterocycles. The fraction of sp³-hybridized carbons (Fsp3) is 0.0833. The second kappa shape index (κ2) is 10.5. The van der Waals surface area contributed by atoms with Crippen molar-refractivity contribution in [3.63, 3.8) is 0 Å². The monoisotopic (exact) mass is 539 g/mol. The van der Waals surface area contributed by atoms with E-state index in [1.807, 2.05) is 48.5 Å². The lowest BCUT2D eigenvalue weighted by Crippen LogP contribution is -2.19. The van der Waals surface area contributed by atoms with Gasteiger partial charge < -0.3 is 14.8 Å². The lowest BCUT2D eigenvalue weighted by molar-refractivity contribution is -0.385. The zero-order valence-electron chi connectivity index (χ0n) is 17.9. The molecule has 1 fully saturated rings. The molecule has 172 valence electrons. The summed E-state index contributed by atoms with van der Waals surface area (Å²) in [6, 6.07) is 19.5. The summed E-state index contributed by atoms with van der Waals surface area (Å²) in [4.78, 5) is 28.5. The molecule has 1 aliphatic rings. The predicted molar refractivity (Wildman–Crippen MR) is 135 cm³/mol. The number of nitro groups is 1. The fourth-order valence-corrected chi connectivity index (χ4v) is 4.35. The molecular formula is C24H18BrN3O5S. The molecule has 1 amide bonds. The summed E-state index contributed by atoms with van der Waals surface area (Å²) in [5.74, 6) is 0.164. The summed E-state index contributed by atoms with van der Waals surface area (Å²) in [5, 5.41) is 14.9. The van der Waals surface area contributed by atoms with Crippen molar-refractivity contribution < 1.29 is 19.2 Å². The second-order valence-corrected chi connectivity index (χ2v) is 9.00. The van der Waals surface area contributed by atoms with Gasteiger partial charge >= 0.3 is 0 Å². The van der Waals surface area contributed by atoms with Gasteiger partial charge in [-0.05, 0) is 47.7 Å². The van der Waals surface area contributed by atoms with Crippen molar-refractivity contribution in [3.05, 3.63) is 97.3 Å². The maximum Gasteiger partial charge on any atom is 0.280 e. The third-order valence-electron chi connectivity index (χ3n) is 4.72. The van der Waals surface area contributed by atoms with Crippen LogP contribution in [0.15, 0.2) is 81.1 Å². The highest BCUT2D eigenvalue weighted by molar-refractivity contribution is 9.10. The first-order valence-electron chi connectivity index (χ1n) is 10.0. The van der Waals surface area contributed by atoms with E-state index in [1.165, 1.54) is 25.3 Å². The molecule has 4 rings (SSSR count). The van der Waals surface area contributed by atoms with Gasteiger partial charge in [-0.25, -0.2) is 4.99 Å². The van der Waals surface area contributed by atoms with Crippen molar-refractivity contribution in [1.82, 2.24) is 5.32 Å². The highest BCUT2D eigenvalue weighted by Crippen LogP contribution is 2.38. The largest absolute Gasteiger partial charge is 0.493 e. The minimum Gasteiger partial charge on any atom is -0.493 e. The molecule has 0 spiro atoms. The number of hydrogen-bond donors (Lipinski definition) is 1. The number of nitro benzene ring substituents is 1. The van der Waals surface area contributed by atoms with Gasteiger partial charge in [0, 0.05) is 4.47 Å². The molecule has 1 heterocycles. The molecule has 0 unspecified atom stereocenters. The number of rotatable bonds is 7. The highest BCUT2D eigenvalue weighted by atomic mass is 79.9. The van der Waals surface area contributed by atoms with Gasteiger partial charge in [0.1, 0.15) is 6.61 Å². The van der Waals surface area contributed by atoms with Crippen molar-refractivity contribution in [1.29, 1.82) is 0 Å². The summed E-state index contributed by atoms with van der Waals surface area (Å²) in [6.45, 7) is 0.225. The van der Waals surface area contributed by atoms with Crippen LogP contribution in [0, 0.1) is 10.1 Å². The number of carbonyl (C=O) groups excluding carboxylic acids is 1. The molecule has 0 radical (unpaired) electrons. The molecule has 0 bridgehead atoms. The van der Waals surface area contributed by atoms with Crippen LogP contribution in [0.25, 0.3) is 6.08 Å². The van der Waals surface area contributed by atoms with E-state index < -0.39 is 10.8 Å². The SMILES string of the molecule is COc1cc(C=C2SC(=Nc3cccc(Br)c3)NC2=O)c([N+](=O)[O-])cc1OCc1ccccc1. The Bertz CT molecular complexity index is 1310. The van der Waals surface area contributed by atoms with E-state index in [-0.39, 0.29) is 28.5 Å². The number of nitrogens with one attached hydrogen (secondary N) is 1. The number of halogens is 1. The summed E-state index contributed by atoms with van der Waals surface area (Å²) < 4.78 is 12.0. The fourth-order valence-electron chi connectivity index (χ4n) is 3.13. The first-order valence-corrected chi connectivity index (χ1v) is 11.6. The summed E-state index contributed by atoms with van der Waals surface area (Å²) >= 11 is 4.48. The number of amidine groups is 1. The van der Waals surface area contributed by atoms with Crippen LogP contribution in [0.3, 0.4) is 0 Å². The van der Waals surface area contributed by atoms with E-state index >= 15 is 0 Å². The number of hydrogen-bond acceptors (Lipinski definition) is 7. The van der Waals surface area contributed by atoms with Crippen molar-refractivity contribution in [2.75, 3.05) is 7.11 Å². The summed E-state index contributed by atoms with van der Waals surface area (Å²) in [5.41, 5.74) is 1.58. The molecule has 1 saturated heterocycles. The quantitative estimate of drug-likeness (QED) is 0.230. The Hall–Kier alpha value is -3.63. The number of ether oxygens (including phenoxy) is 2. The maximum absolute atomic E-state index is 12.5. The second-order valence-electron chi connectivity index (χ2n) is 7.05. The van der Waals surface area contributed by atoms with E-state index in [4.69, 9.17) is 9.47 Å². The number of methoxy groups -OCH3 is 1. The Morgan fingerprint density at radius 3 is 2.62 bits per heavy atom. The van der Waals surface area contributed by atoms with E-state index in [2.05, 4.69) is 26.2 Å². The first kappa shape index (κ1) is 23.5. The van der Waals surface area contributed by atoms with Crippen LogP contribution in [0.2, 0.25) is 0 Å². The van der Waals surface area contributed by atoms with Crippen LogP contribution >= 0.6 is 27.7 Å². The molecule has 8 nitrogen and oxygen atoms in total. The molecular weight excluding hydrogens is 522 g/mol. The predicted octanol–water partition coefficient (Wildman–Crippen LogP) is 5.84. The Balaban J connectivity index is 1.62. The average molecular weight is 540 g/mol. The van der Waals surface area contributed by atoms with E-state index in [0.717, 1.165) is 21.8 Å². The van der Waals surface area contributed by atoms with E-state index in [9.17, 15) is 14.9 Å². The van der Waals surface area contributed by atoms with E-state index in [0.29, 0.717) is 16.6 Å². The van der Waals surface area contributed by atoms with Crippen LogP contribution in [0.4, 0.5) is 11.4 Å². The molecule has 0 aromatic heterocycles. The molecule has 1 N–H and O–H groups in total. The lowest BCUT2D eigenvalue weighted by Gasteiger charge is -2.12. The highest BCUT2D eigenvalue weighted by Gasteiger charge is 2.26. The first-order chi connectivity index (χ1) is 16.4. The van der Waals surface area contributed by atoms with Crippen molar-refractivity contribution in [3.8, 4) is 11.5 Å². The molecule has 3 aromatic rings. The molecule has 3 aromatic carbocycles. The minimum atomic E-state index is -0.519. The standard InChI is InChI=1S/C24H18BrN3O5S/c1-32-20-10-16(19(28(30)31)13-21(20)33-14-15-6-3-2-4-7-15)11-22-23(29)27-24(34-22)26-18-9-5-8-17(25)12-18/h2-13H,14H2,1H3,(H,26,27,29). The smallest absolute Gasteiger partial charge is 0.280 e. The summed E-state index contributed by atoms with van der Waals surface area (Å²) in [6.07, 6.45) is 1.45. The van der Waals surface area contributed by atoms with Gasteiger partial charge in [-0.1, -0.05) is 52.3 Å². The number of aliphatic imine (C=N–C) groups is 1. The zero-order chi connectivity index (χ0) is 24.1. The van der Waals surface area contributed by atoms with E-state index in [1.54, 1.807) is 6.07 Å². The minimum absolute atomic E-state index is 0.206. The Labute approximate surface area is 208 Å². The Morgan fingerprint density at radius 1 is 1.12 bits per heavy atom. The Kier molecular flexibility index (Phi) is 7.29. The number of benzene rings is 3. The van der Waals surface area contributed by atoms with Crippen LogP contribution in [-0.2, 0) is 11.4 Å².